The van der Waals surface area contributed by atoms with E-state index < -0.39 is 0 Å². The van der Waals surface area contributed by atoms with Crippen LogP contribution in [0.2, 0.25) is 0 Å². The summed E-state index contributed by atoms with van der Waals surface area (Å²) in [6.45, 7) is 3.21. The van der Waals surface area contributed by atoms with Crippen LogP contribution >= 0.6 is 0 Å². The topological polar surface area (TPSA) is 44.9 Å². The molecule has 0 saturated heterocycles. The minimum Gasteiger partial charge on any atom is -0.371 e. The molecule has 0 radical (unpaired) electrons. The summed E-state index contributed by atoms with van der Waals surface area (Å²) >= 11 is 0. The van der Waals surface area contributed by atoms with Gasteiger partial charge in [-0.15, -0.1) is 0 Å². The molecule has 0 spiro atoms. The molecule has 3 rings (SSSR count). The first-order valence-electron chi connectivity index (χ1n) is 7.08. The molecule has 0 unspecified atom stereocenters. The van der Waals surface area contributed by atoms with Crippen molar-refractivity contribution in [3.05, 3.63) is 40.7 Å². The normalized spacial score (nSPS) is 17.1. The number of rotatable bonds is 4. The number of benzene rings is 1. The third-order valence-electron chi connectivity index (χ3n) is 4.57. The average molecular weight is 256 g/mol. The summed E-state index contributed by atoms with van der Waals surface area (Å²) in [6, 6.07) is 9.72. The number of aromatic nitrogens is 1. The van der Waals surface area contributed by atoms with E-state index >= 15 is 0 Å². The van der Waals surface area contributed by atoms with Crippen LogP contribution in [0, 0.1) is 5.41 Å². The lowest BCUT2D eigenvalue weighted by molar-refractivity contribution is 0.145. The first-order valence-corrected chi connectivity index (χ1v) is 7.08. The zero-order valence-electron chi connectivity index (χ0n) is 11.3. The van der Waals surface area contributed by atoms with E-state index in [1.807, 2.05) is 30.3 Å². The molecule has 0 aliphatic heterocycles. The maximum absolute atomic E-state index is 12.0. The zero-order chi connectivity index (χ0) is 13.3. The van der Waals surface area contributed by atoms with E-state index in [-0.39, 0.29) is 5.56 Å². The maximum Gasteiger partial charge on any atom is 0.257 e. The van der Waals surface area contributed by atoms with Crippen molar-refractivity contribution in [3.8, 4) is 0 Å². The van der Waals surface area contributed by atoms with Gasteiger partial charge in [-0.25, -0.2) is 0 Å². The Balaban J connectivity index is 1.83. The highest BCUT2D eigenvalue weighted by molar-refractivity contribution is 5.83. The number of anilines is 1. The second-order valence-corrected chi connectivity index (χ2v) is 5.66. The molecule has 1 aliphatic carbocycles. The Morgan fingerprint density at radius 2 is 2.11 bits per heavy atom. The van der Waals surface area contributed by atoms with Gasteiger partial charge in [0.05, 0.1) is 0 Å². The third-order valence-corrected chi connectivity index (χ3v) is 4.57. The summed E-state index contributed by atoms with van der Waals surface area (Å²) in [5, 5.41) is 5.16. The Morgan fingerprint density at radius 3 is 2.79 bits per heavy atom. The van der Waals surface area contributed by atoms with Gasteiger partial charge in [0.15, 0.2) is 0 Å². The van der Waals surface area contributed by atoms with Gasteiger partial charge in [0.2, 0.25) is 0 Å². The van der Waals surface area contributed by atoms with Gasteiger partial charge in [0.1, 0.15) is 5.82 Å². The van der Waals surface area contributed by atoms with E-state index in [4.69, 9.17) is 0 Å². The van der Waals surface area contributed by atoms with Gasteiger partial charge in [-0.1, -0.05) is 31.5 Å². The van der Waals surface area contributed by atoms with Gasteiger partial charge in [-0.05, 0) is 42.2 Å². The SMILES string of the molecule is CCC1(CNc2cc3ccccc3c(=O)[nH]2)CCC1. The molecular formula is C16H20N2O. The number of fused-ring (bicyclic) bond motifs is 1. The molecule has 2 aromatic rings. The van der Waals surface area contributed by atoms with Crippen LogP contribution < -0.4 is 10.9 Å². The van der Waals surface area contributed by atoms with Gasteiger partial charge in [0.25, 0.3) is 5.56 Å². The monoisotopic (exact) mass is 256 g/mol. The molecule has 3 nitrogen and oxygen atoms in total. The lowest BCUT2D eigenvalue weighted by atomic mass is 9.67. The molecule has 0 amide bonds. The highest BCUT2D eigenvalue weighted by atomic mass is 16.1. The van der Waals surface area contributed by atoms with Gasteiger partial charge < -0.3 is 10.3 Å². The second-order valence-electron chi connectivity index (χ2n) is 5.66. The first-order chi connectivity index (χ1) is 9.22. The fourth-order valence-electron chi connectivity index (χ4n) is 2.92. The third kappa shape index (κ3) is 2.25. The van der Waals surface area contributed by atoms with Gasteiger partial charge in [0, 0.05) is 11.9 Å². The van der Waals surface area contributed by atoms with Crippen LogP contribution in [0.5, 0.6) is 0 Å². The molecule has 19 heavy (non-hydrogen) atoms. The lowest BCUT2D eigenvalue weighted by Crippen LogP contribution is -2.36. The summed E-state index contributed by atoms with van der Waals surface area (Å²) in [4.78, 5) is 14.9. The Morgan fingerprint density at radius 1 is 1.32 bits per heavy atom. The number of hydrogen-bond acceptors (Lipinski definition) is 2. The Kier molecular flexibility index (Phi) is 3.05. The molecule has 1 aromatic carbocycles. The summed E-state index contributed by atoms with van der Waals surface area (Å²) < 4.78 is 0. The van der Waals surface area contributed by atoms with E-state index in [2.05, 4.69) is 17.2 Å². The first kappa shape index (κ1) is 12.3. The molecule has 1 saturated carbocycles. The predicted molar refractivity (Wildman–Crippen MR) is 79.6 cm³/mol. The van der Waals surface area contributed by atoms with Gasteiger partial charge in [-0.2, -0.15) is 0 Å². The zero-order valence-corrected chi connectivity index (χ0v) is 11.3. The Bertz CT molecular complexity index is 635. The van der Waals surface area contributed by atoms with E-state index in [0.717, 1.165) is 23.1 Å². The van der Waals surface area contributed by atoms with Crippen LogP contribution in [0.25, 0.3) is 10.8 Å². The van der Waals surface area contributed by atoms with Crippen LogP contribution in [0.3, 0.4) is 0 Å². The highest BCUT2D eigenvalue weighted by Crippen LogP contribution is 2.43. The van der Waals surface area contributed by atoms with Crippen molar-refractivity contribution in [2.75, 3.05) is 11.9 Å². The van der Waals surface area contributed by atoms with Crippen molar-refractivity contribution in [1.82, 2.24) is 4.98 Å². The summed E-state index contributed by atoms with van der Waals surface area (Å²) in [5.41, 5.74) is 0.433. The summed E-state index contributed by atoms with van der Waals surface area (Å²) in [7, 11) is 0. The number of H-pyrrole nitrogens is 1. The molecule has 3 heteroatoms. The molecule has 0 bridgehead atoms. The fourth-order valence-corrected chi connectivity index (χ4v) is 2.92. The van der Waals surface area contributed by atoms with Crippen LogP contribution in [-0.4, -0.2) is 11.5 Å². The minimum atomic E-state index is -0.0141. The van der Waals surface area contributed by atoms with Crippen LogP contribution in [-0.2, 0) is 0 Å². The smallest absolute Gasteiger partial charge is 0.257 e. The quantitative estimate of drug-likeness (QED) is 0.879. The molecule has 1 fully saturated rings. The lowest BCUT2D eigenvalue weighted by Gasteiger charge is -2.41. The van der Waals surface area contributed by atoms with Crippen molar-refractivity contribution in [2.24, 2.45) is 5.41 Å². The molecule has 2 N–H and O–H groups in total. The molecule has 1 heterocycles. The van der Waals surface area contributed by atoms with Crippen molar-refractivity contribution in [1.29, 1.82) is 0 Å². The fraction of sp³-hybridized carbons (Fsp3) is 0.438. The van der Waals surface area contributed by atoms with Crippen LogP contribution in [0.1, 0.15) is 32.6 Å². The van der Waals surface area contributed by atoms with Gasteiger partial charge >= 0.3 is 0 Å². The van der Waals surface area contributed by atoms with Crippen molar-refractivity contribution in [3.63, 3.8) is 0 Å². The second kappa shape index (κ2) is 4.72. The number of pyridine rings is 1. The number of nitrogens with one attached hydrogen (secondary N) is 2. The molecular weight excluding hydrogens is 236 g/mol. The predicted octanol–water partition coefficient (Wildman–Crippen LogP) is 3.52. The molecule has 1 aromatic heterocycles. The van der Waals surface area contributed by atoms with Gasteiger partial charge in [-0.3, -0.25) is 4.79 Å². The molecule has 0 atom stereocenters. The van der Waals surface area contributed by atoms with Crippen molar-refractivity contribution < 1.29 is 0 Å². The van der Waals surface area contributed by atoms with E-state index in [1.54, 1.807) is 0 Å². The highest BCUT2D eigenvalue weighted by Gasteiger charge is 2.34. The van der Waals surface area contributed by atoms with Crippen molar-refractivity contribution in [2.45, 2.75) is 32.6 Å². The summed E-state index contributed by atoms with van der Waals surface area (Å²) in [6.07, 6.45) is 5.14. The van der Waals surface area contributed by atoms with E-state index in [0.29, 0.717) is 5.41 Å². The minimum absolute atomic E-state index is 0.0141. The largest absolute Gasteiger partial charge is 0.371 e. The number of aromatic amines is 1. The maximum atomic E-state index is 12.0. The van der Waals surface area contributed by atoms with E-state index in [9.17, 15) is 4.79 Å². The van der Waals surface area contributed by atoms with Crippen molar-refractivity contribution >= 4 is 16.6 Å². The average Bonchev–Trinajstić information content (AvgIpc) is 2.38. The standard InChI is InChI=1S/C16H20N2O/c1-2-16(8-5-9-16)11-17-14-10-12-6-3-4-7-13(12)15(19)18-14/h3-4,6-7,10H,2,5,8-9,11H2,1H3,(H2,17,18,19). The molecule has 1 aliphatic rings. The van der Waals surface area contributed by atoms with Crippen LogP contribution in [0.15, 0.2) is 35.1 Å². The number of hydrogen-bond donors (Lipinski definition) is 2. The molecule has 100 valence electrons. The van der Waals surface area contributed by atoms with E-state index in [1.165, 1.54) is 25.7 Å². The Hall–Kier alpha value is -1.77. The Labute approximate surface area is 113 Å². The summed E-state index contributed by atoms with van der Waals surface area (Å²) in [5.74, 6) is 0.837. The van der Waals surface area contributed by atoms with Crippen LogP contribution in [0.4, 0.5) is 5.82 Å².